The number of aliphatic hydroxyl groups is 1. The molecule has 0 unspecified atom stereocenters. The first kappa shape index (κ1) is 21.1. The third-order valence-electron chi connectivity index (χ3n) is 5.58. The predicted octanol–water partition coefficient (Wildman–Crippen LogP) is 3.05. The first-order valence-electron chi connectivity index (χ1n) is 9.95. The molecule has 2 heterocycles. The molecule has 31 heavy (non-hydrogen) atoms. The molecule has 3 aromatic rings. The largest absolute Gasteiger partial charge is 0.433 e. The Labute approximate surface area is 174 Å². The molecule has 0 aliphatic heterocycles. The number of H-pyrrole nitrogens is 1. The number of carbonyl (C=O) groups is 1. The van der Waals surface area contributed by atoms with Gasteiger partial charge in [-0.15, -0.1) is 0 Å². The van der Waals surface area contributed by atoms with Gasteiger partial charge < -0.3 is 10.4 Å². The van der Waals surface area contributed by atoms with Crippen molar-refractivity contribution >= 4 is 11.6 Å². The molecule has 1 saturated carbocycles. The number of hydrogen-bond acceptors (Lipinski definition) is 4. The molecule has 2 aromatic heterocycles. The van der Waals surface area contributed by atoms with Gasteiger partial charge in [-0.3, -0.25) is 14.7 Å². The van der Waals surface area contributed by atoms with E-state index >= 15 is 0 Å². The summed E-state index contributed by atoms with van der Waals surface area (Å²) < 4.78 is 41.9. The number of aromatic amines is 1. The summed E-state index contributed by atoms with van der Waals surface area (Å²) in [6.45, 7) is 1.41. The number of hydrogen-bond donors (Lipinski definition) is 3. The van der Waals surface area contributed by atoms with E-state index < -0.39 is 35.5 Å². The molecule has 0 spiro atoms. The molecule has 3 N–H and O–H groups in total. The van der Waals surface area contributed by atoms with Gasteiger partial charge in [0.15, 0.2) is 5.65 Å². The summed E-state index contributed by atoms with van der Waals surface area (Å²) in [5.41, 5.74) is -2.64. The van der Waals surface area contributed by atoms with Crippen molar-refractivity contribution in [3.05, 3.63) is 57.6 Å². The molecule has 10 heteroatoms. The van der Waals surface area contributed by atoms with Gasteiger partial charge in [0.25, 0.3) is 11.5 Å². The number of fused-ring (bicyclic) bond motifs is 1. The van der Waals surface area contributed by atoms with E-state index in [0.29, 0.717) is 17.4 Å². The van der Waals surface area contributed by atoms with E-state index in [1.807, 2.05) is 0 Å². The van der Waals surface area contributed by atoms with Crippen molar-refractivity contribution in [2.75, 3.05) is 0 Å². The van der Waals surface area contributed by atoms with E-state index in [-0.39, 0.29) is 28.0 Å². The summed E-state index contributed by atoms with van der Waals surface area (Å²) in [5.74, 6) is -0.764. The van der Waals surface area contributed by atoms with Crippen molar-refractivity contribution in [2.45, 2.75) is 50.9 Å². The molecule has 1 aromatic carbocycles. The minimum atomic E-state index is -4.77. The molecule has 1 aliphatic carbocycles. The van der Waals surface area contributed by atoms with Gasteiger partial charge in [-0.2, -0.15) is 17.7 Å². The highest BCUT2D eigenvalue weighted by Gasteiger charge is 2.38. The van der Waals surface area contributed by atoms with E-state index in [0.717, 1.165) is 12.8 Å². The normalized spacial score (nSPS) is 19.5. The SMILES string of the molecule is Cc1nc2c(-c3ccccc3)c(C(F)(F)F)[nH]n2c(=O)c1C(=O)N[C@H]1CCCC[C@@H]1O. The number of aliphatic hydroxyl groups excluding tert-OH is 1. The van der Waals surface area contributed by atoms with Crippen LogP contribution in [-0.4, -0.2) is 37.8 Å². The van der Waals surface area contributed by atoms with E-state index in [1.54, 1.807) is 18.2 Å². The lowest BCUT2D eigenvalue weighted by molar-refractivity contribution is -0.140. The van der Waals surface area contributed by atoms with Gasteiger partial charge in [0.2, 0.25) is 0 Å². The van der Waals surface area contributed by atoms with Crippen molar-refractivity contribution in [2.24, 2.45) is 0 Å². The summed E-state index contributed by atoms with van der Waals surface area (Å²) in [6.07, 6.45) is -2.75. The molecular weight excluding hydrogens is 413 g/mol. The average Bonchev–Trinajstić information content (AvgIpc) is 3.10. The second-order valence-electron chi connectivity index (χ2n) is 7.69. The highest BCUT2D eigenvalue weighted by atomic mass is 19.4. The quantitative estimate of drug-likeness (QED) is 0.590. The summed E-state index contributed by atoms with van der Waals surface area (Å²) >= 11 is 0. The smallest absolute Gasteiger partial charge is 0.391 e. The number of nitrogens with zero attached hydrogens (tertiary/aromatic N) is 2. The van der Waals surface area contributed by atoms with Crippen molar-refractivity contribution in [3.8, 4) is 11.1 Å². The maximum Gasteiger partial charge on any atom is 0.433 e. The maximum absolute atomic E-state index is 13.7. The lowest BCUT2D eigenvalue weighted by atomic mass is 9.92. The molecule has 4 rings (SSSR count). The molecule has 1 aliphatic rings. The Morgan fingerprint density at radius 2 is 1.90 bits per heavy atom. The summed E-state index contributed by atoms with van der Waals surface area (Å²) in [5, 5.41) is 14.8. The van der Waals surface area contributed by atoms with Gasteiger partial charge in [-0.05, 0) is 25.3 Å². The Hall–Kier alpha value is -3.14. The van der Waals surface area contributed by atoms with E-state index in [4.69, 9.17) is 0 Å². The lowest BCUT2D eigenvalue weighted by Crippen LogP contribution is -2.46. The number of alkyl halides is 3. The Morgan fingerprint density at radius 3 is 2.55 bits per heavy atom. The van der Waals surface area contributed by atoms with E-state index in [2.05, 4.69) is 15.4 Å². The zero-order valence-electron chi connectivity index (χ0n) is 16.7. The van der Waals surface area contributed by atoms with Crippen molar-refractivity contribution < 1.29 is 23.1 Å². The van der Waals surface area contributed by atoms with Crippen molar-refractivity contribution in [3.63, 3.8) is 0 Å². The Morgan fingerprint density at radius 1 is 1.23 bits per heavy atom. The number of rotatable bonds is 3. The molecule has 0 radical (unpaired) electrons. The third kappa shape index (κ3) is 3.83. The molecule has 164 valence electrons. The minimum Gasteiger partial charge on any atom is -0.391 e. The number of halogens is 3. The standard InChI is InChI=1S/C21H21F3N4O3/c1-11-15(19(30)26-13-9-5-6-10-14(13)29)20(31)28-18(25-11)16(12-7-3-2-4-8-12)17(27-28)21(22,23)24/h2-4,7-8,13-14,27,29H,5-6,9-10H2,1H3,(H,26,30)/t13-,14-/m0/s1. The number of benzene rings is 1. The van der Waals surface area contributed by atoms with Crippen molar-refractivity contribution in [1.29, 1.82) is 0 Å². The van der Waals surface area contributed by atoms with Crippen LogP contribution >= 0.6 is 0 Å². The highest BCUT2D eigenvalue weighted by molar-refractivity contribution is 5.95. The average molecular weight is 434 g/mol. The Kier molecular flexibility index (Phi) is 5.34. The topological polar surface area (TPSA) is 99.5 Å². The van der Waals surface area contributed by atoms with Crippen LogP contribution < -0.4 is 10.9 Å². The van der Waals surface area contributed by atoms with Crippen LogP contribution in [0.5, 0.6) is 0 Å². The van der Waals surface area contributed by atoms with Gasteiger partial charge in [-0.1, -0.05) is 43.2 Å². The van der Waals surface area contributed by atoms with Crippen LogP contribution in [-0.2, 0) is 6.18 Å². The summed E-state index contributed by atoms with van der Waals surface area (Å²) in [6, 6.07) is 7.30. The fourth-order valence-electron chi connectivity index (χ4n) is 4.04. The summed E-state index contributed by atoms with van der Waals surface area (Å²) in [4.78, 5) is 30.0. The maximum atomic E-state index is 13.7. The van der Waals surface area contributed by atoms with E-state index in [9.17, 15) is 27.9 Å². The number of aromatic nitrogens is 3. The van der Waals surface area contributed by atoms with Gasteiger partial charge in [0.05, 0.1) is 23.4 Å². The first-order chi connectivity index (χ1) is 14.7. The second-order valence-corrected chi connectivity index (χ2v) is 7.69. The van der Waals surface area contributed by atoms with Crippen LogP contribution in [0.3, 0.4) is 0 Å². The van der Waals surface area contributed by atoms with Crippen LogP contribution in [0.25, 0.3) is 16.8 Å². The number of nitrogens with one attached hydrogen (secondary N) is 2. The molecule has 7 nitrogen and oxygen atoms in total. The lowest BCUT2D eigenvalue weighted by Gasteiger charge is -2.28. The fourth-order valence-corrected chi connectivity index (χ4v) is 4.04. The molecule has 1 fully saturated rings. The van der Waals surface area contributed by atoms with Gasteiger partial charge >= 0.3 is 6.18 Å². The first-order valence-corrected chi connectivity index (χ1v) is 9.95. The highest BCUT2D eigenvalue weighted by Crippen LogP contribution is 2.38. The zero-order valence-corrected chi connectivity index (χ0v) is 16.7. The molecular formula is C21H21F3N4O3. The molecule has 0 bridgehead atoms. The molecule has 1 amide bonds. The number of amides is 1. The second kappa shape index (κ2) is 7.84. The van der Waals surface area contributed by atoms with Gasteiger partial charge in [0, 0.05) is 0 Å². The van der Waals surface area contributed by atoms with Gasteiger partial charge in [-0.25, -0.2) is 4.98 Å². The van der Waals surface area contributed by atoms with Crippen LogP contribution in [0.1, 0.15) is 47.4 Å². The van der Waals surface area contributed by atoms with Crippen LogP contribution in [0, 0.1) is 6.92 Å². The van der Waals surface area contributed by atoms with Crippen LogP contribution in [0.2, 0.25) is 0 Å². The monoisotopic (exact) mass is 434 g/mol. The summed E-state index contributed by atoms with van der Waals surface area (Å²) in [7, 11) is 0. The van der Waals surface area contributed by atoms with Gasteiger partial charge in [0.1, 0.15) is 11.3 Å². The third-order valence-corrected chi connectivity index (χ3v) is 5.58. The number of carbonyl (C=O) groups excluding carboxylic acids is 1. The minimum absolute atomic E-state index is 0.0118. The zero-order chi connectivity index (χ0) is 22.3. The van der Waals surface area contributed by atoms with Crippen LogP contribution in [0.4, 0.5) is 13.2 Å². The fraction of sp³-hybridized carbons (Fsp3) is 0.381. The predicted molar refractivity (Wildman–Crippen MR) is 107 cm³/mol. The molecule has 0 saturated heterocycles. The Balaban J connectivity index is 1.86. The van der Waals surface area contributed by atoms with Crippen molar-refractivity contribution in [1.82, 2.24) is 19.9 Å². The Bertz CT molecular complexity index is 1180. The number of aryl methyl sites for hydroxylation is 1. The van der Waals surface area contributed by atoms with Crippen LogP contribution in [0.15, 0.2) is 35.1 Å². The van der Waals surface area contributed by atoms with E-state index in [1.165, 1.54) is 19.1 Å². The molecule has 2 atom stereocenters.